The van der Waals surface area contributed by atoms with Gasteiger partial charge in [0.15, 0.2) is 0 Å². The molecule has 19 heavy (non-hydrogen) atoms. The minimum atomic E-state index is 0.490. The lowest BCUT2D eigenvalue weighted by Crippen LogP contribution is -2.51. The zero-order chi connectivity index (χ0) is 13.1. The molecule has 0 atom stereocenters. The second-order valence-corrected chi connectivity index (χ2v) is 4.85. The highest BCUT2D eigenvalue weighted by molar-refractivity contribution is 5.60. The third-order valence-corrected chi connectivity index (χ3v) is 3.46. The van der Waals surface area contributed by atoms with Gasteiger partial charge in [0.05, 0.1) is 11.7 Å². The summed E-state index contributed by atoms with van der Waals surface area (Å²) in [6.07, 6.45) is 1.06. The molecule has 4 nitrogen and oxygen atoms in total. The van der Waals surface area contributed by atoms with Gasteiger partial charge in [0.2, 0.25) is 0 Å². The summed E-state index contributed by atoms with van der Waals surface area (Å²) >= 11 is 0. The van der Waals surface area contributed by atoms with Crippen molar-refractivity contribution in [1.29, 1.82) is 0 Å². The Hall–Kier alpha value is -1.94. The first-order chi connectivity index (χ1) is 9.35. The molecule has 1 aliphatic rings. The van der Waals surface area contributed by atoms with Crippen LogP contribution in [0, 0.1) is 0 Å². The molecule has 2 aromatic rings. The van der Waals surface area contributed by atoms with Crippen LogP contribution < -0.4 is 10.6 Å². The first-order valence-electron chi connectivity index (χ1n) is 6.75. The molecule has 4 heteroatoms. The van der Waals surface area contributed by atoms with Gasteiger partial charge in [0.1, 0.15) is 5.82 Å². The quantitative estimate of drug-likeness (QED) is 0.877. The highest BCUT2D eigenvalue weighted by Gasteiger charge is 2.16. The molecule has 0 unspecified atom stereocenters. The summed E-state index contributed by atoms with van der Waals surface area (Å²) < 4.78 is 0. The van der Waals surface area contributed by atoms with Gasteiger partial charge in [-0.15, -0.1) is 10.2 Å². The number of benzene rings is 1. The van der Waals surface area contributed by atoms with Crippen LogP contribution in [-0.4, -0.2) is 29.3 Å². The molecule has 1 saturated heterocycles. The summed E-state index contributed by atoms with van der Waals surface area (Å²) in [5.74, 6) is 0.848. The Morgan fingerprint density at radius 2 is 1.89 bits per heavy atom. The van der Waals surface area contributed by atoms with Crippen molar-refractivity contribution in [2.45, 2.75) is 19.4 Å². The molecule has 98 valence electrons. The van der Waals surface area contributed by atoms with E-state index < -0.39 is 0 Å². The summed E-state index contributed by atoms with van der Waals surface area (Å²) in [7, 11) is 0. The van der Waals surface area contributed by atoms with Crippen molar-refractivity contribution in [2.75, 3.05) is 18.4 Å². The minimum Gasteiger partial charge on any atom is -0.363 e. The smallest absolute Gasteiger partial charge is 0.148 e. The minimum absolute atomic E-state index is 0.490. The Bertz CT molecular complexity index is 529. The number of hydrogen-bond acceptors (Lipinski definition) is 4. The molecule has 3 rings (SSSR count). The molecule has 1 aromatic carbocycles. The van der Waals surface area contributed by atoms with E-state index in [2.05, 4.69) is 52.0 Å². The van der Waals surface area contributed by atoms with Crippen LogP contribution in [0.5, 0.6) is 0 Å². The largest absolute Gasteiger partial charge is 0.363 e. The molecule has 2 N–H and O–H groups in total. The third-order valence-electron chi connectivity index (χ3n) is 3.46. The maximum absolute atomic E-state index is 4.28. The maximum atomic E-state index is 4.28. The molecule has 0 saturated carbocycles. The van der Waals surface area contributed by atoms with Gasteiger partial charge < -0.3 is 10.6 Å². The van der Waals surface area contributed by atoms with Crippen molar-refractivity contribution >= 4 is 5.82 Å². The van der Waals surface area contributed by atoms with Crippen LogP contribution in [0.4, 0.5) is 5.82 Å². The van der Waals surface area contributed by atoms with Gasteiger partial charge in [-0.25, -0.2) is 0 Å². The SMILES string of the molecule is CCc1ccc(-c2ccc(NC3CNC3)nn2)cc1. The van der Waals surface area contributed by atoms with E-state index >= 15 is 0 Å². The predicted octanol–water partition coefficient (Wildman–Crippen LogP) is 2.09. The van der Waals surface area contributed by atoms with E-state index in [0.717, 1.165) is 36.6 Å². The first-order valence-corrected chi connectivity index (χ1v) is 6.75. The van der Waals surface area contributed by atoms with E-state index in [4.69, 9.17) is 0 Å². The number of aromatic nitrogens is 2. The van der Waals surface area contributed by atoms with E-state index in [1.54, 1.807) is 0 Å². The second kappa shape index (κ2) is 5.36. The average molecular weight is 254 g/mol. The topological polar surface area (TPSA) is 49.8 Å². The zero-order valence-corrected chi connectivity index (χ0v) is 11.1. The first kappa shape index (κ1) is 12.1. The van der Waals surface area contributed by atoms with Crippen LogP contribution in [0.25, 0.3) is 11.3 Å². The second-order valence-electron chi connectivity index (χ2n) is 4.85. The number of rotatable bonds is 4. The molecular weight excluding hydrogens is 236 g/mol. The number of aryl methyl sites for hydroxylation is 1. The van der Waals surface area contributed by atoms with Crippen LogP contribution in [0.15, 0.2) is 36.4 Å². The van der Waals surface area contributed by atoms with Gasteiger partial charge in [-0.1, -0.05) is 31.2 Å². The number of hydrogen-bond donors (Lipinski definition) is 2. The molecule has 0 bridgehead atoms. The summed E-state index contributed by atoms with van der Waals surface area (Å²) in [4.78, 5) is 0. The Labute approximate surface area is 113 Å². The van der Waals surface area contributed by atoms with Crippen molar-refractivity contribution in [3.63, 3.8) is 0 Å². The Balaban J connectivity index is 1.73. The molecule has 1 aliphatic heterocycles. The van der Waals surface area contributed by atoms with Crippen molar-refractivity contribution < 1.29 is 0 Å². The van der Waals surface area contributed by atoms with Crippen LogP contribution >= 0.6 is 0 Å². The highest BCUT2D eigenvalue weighted by atomic mass is 15.2. The van der Waals surface area contributed by atoms with Crippen molar-refractivity contribution in [3.05, 3.63) is 42.0 Å². The van der Waals surface area contributed by atoms with Gasteiger partial charge >= 0.3 is 0 Å². The summed E-state index contributed by atoms with van der Waals surface area (Å²) in [6, 6.07) is 13.0. The molecule has 0 radical (unpaired) electrons. The van der Waals surface area contributed by atoms with Gasteiger partial charge in [-0.05, 0) is 24.1 Å². The van der Waals surface area contributed by atoms with Gasteiger partial charge in [-0.2, -0.15) is 0 Å². The van der Waals surface area contributed by atoms with Gasteiger partial charge in [0.25, 0.3) is 0 Å². The van der Waals surface area contributed by atoms with E-state index in [1.165, 1.54) is 5.56 Å². The standard InChI is InChI=1S/C15H18N4/c1-2-11-3-5-12(6-4-11)14-7-8-15(19-18-14)17-13-9-16-10-13/h3-8,13,16H,2,9-10H2,1H3,(H,17,19). The lowest BCUT2D eigenvalue weighted by Gasteiger charge is -2.28. The number of anilines is 1. The monoisotopic (exact) mass is 254 g/mol. The van der Waals surface area contributed by atoms with E-state index in [0.29, 0.717) is 6.04 Å². The van der Waals surface area contributed by atoms with Gasteiger partial charge in [0, 0.05) is 18.7 Å². The van der Waals surface area contributed by atoms with Crippen LogP contribution in [0.2, 0.25) is 0 Å². The predicted molar refractivity (Wildman–Crippen MR) is 77.1 cm³/mol. The molecule has 2 heterocycles. The molecule has 1 fully saturated rings. The third kappa shape index (κ3) is 2.74. The number of nitrogens with zero attached hydrogens (tertiary/aromatic N) is 2. The molecule has 1 aromatic heterocycles. The lowest BCUT2D eigenvalue weighted by atomic mass is 10.1. The fraction of sp³-hybridized carbons (Fsp3) is 0.333. The lowest BCUT2D eigenvalue weighted by molar-refractivity contribution is 0.470. The van der Waals surface area contributed by atoms with Crippen molar-refractivity contribution in [1.82, 2.24) is 15.5 Å². The van der Waals surface area contributed by atoms with E-state index in [1.807, 2.05) is 12.1 Å². The van der Waals surface area contributed by atoms with Crippen molar-refractivity contribution in [2.24, 2.45) is 0 Å². The number of nitrogens with one attached hydrogen (secondary N) is 2. The Kier molecular flexibility index (Phi) is 3.42. The van der Waals surface area contributed by atoms with Crippen LogP contribution in [0.1, 0.15) is 12.5 Å². The fourth-order valence-corrected chi connectivity index (χ4v) is 2.07. The normalized spacial score (nSPS) is 15.0. The Morgan fingerprint density at radius 1 is 1.11 bits per heavy atom. The van der Waals surface area contributed by atoms with Gasteiger partial charge in [-0.3, -0.25) is 0 Å². The zero-order valence-electron chi connectivity index (χ0n) is 11.1. The van der Waals surface area contributed by atoms with E-state index in [9.17, 15) is 0 Å². The summed E-state index contributed by atoms with van der Waals surface area (Å²) in [5.41, 5.74) is 3.37. The van der Waals surface area contributed by atoms with Crippen molar-refractivity contribution in [3.8, 4) is 11.3 Å². The van der Waals surface area contributed by atoms with Crippen LogP contribution in [-0.2, 0) is 6.42 Å². The molecular formula is C15H18N4. The average Bonchev–Trinajstić information content (AvgIpc) is 2.44. The van der Waals surface area contributed by atoms with E-state index in [-0.39, 0.29) is 0 Å². The molecule has 0 amide bonds. The maximum Gasteiger partial charge on any atom is 0.148 e. The molecule has 0 aliphatic carbocycles. The summed E-state index contributed by atoms with van der Waals surface area (Å²) in [6.45, 7) is 4.16. The van der Waals surface area contributed by atoms with Crippen LogP contribution in [0.3, 0.4) is 0 Å². The molecule has 0 spiro atoms. The highest BCUT2D eigenvalue weighted by Crippen LogP contribution is 2.18. The summed E-state index contributed by atoms with van der Waals surface area (Å²) in [5, 5.41) is 15.1. The Morgan fingerprint density at radius 3 is 2.42 bits per heavy atom. The fourth-order valence-electron chi connectivity index (χ4n) is 2.07.